The lowest BCUT2D eigenvalue weighted by molar-refractivity contribution is -0.129. The molecule has 116 valence electrons. The van der Waals surface area contributed by atoms with Gasteiger partial charge in [0.1, 0.15) is 11.6 Å². The number of hydrogen-bond acceptors (Lipinski definition) is 1. The second-order valence-corrected chi connectivity index (χ2v) is 5.61. The molecule has 1 aliphatic carbocycles. The Kier molecular flexibility index (Phi) is 3.47. The number of aromatic amines is 1. The number of halogens is 3. The zero-order valence-electron chi connectivity index (χ0n) is 12.0. The van der Waals surface area contributed by atoms with E-state index in [-0.39, 0.29) is 11.6 Å². The van der Waals surface area contributed by atoms with Crippen LogP contribution in [0.2, 0.25) is 0 Å². The van der Waals surface area contributed by atoms with Crippen molar-refractivity contribution in [2.75, 3.05) is 7.05 Å². The van der Waals surface area contributed by atoms with Crippen LogP contribution in [0.15, 0.2) is 24.5 Å². The van der Waals surface area contributed by atoms with Crippen LogP contribution in [-0.2, 0) is 17.6 Å². The average Bonchev–Trinajstić information content (AvgIpc) is 2.84. The molecular weight excluding hydrogens is 293 g/mol. The van der Waals surface area contributed by atoms with Gasteiger partial charge in [0.15, 0.2) is 5.83 Å². The first kappa shape index (κ1) is 14.7. The average molecular weight is 308 g/mol. The van der Waals surface area contributed by atoms with Crippen LogP contribution in [0.1, 0.15) is 17.7 Å². The van der Waals surface area contributed by atoms with E-state index in [0.29, 0.717) is 24.6 Å². The van der Waals surface area contributed by atoms with Crippen LogP contribution in [0.25, 0.3) is 10.9 Å². The highest BCUT2D eigenvalue weighted by atomic mass is 19.1. The Bertz CT molecular complexity index is 781. The monoisotopic (exact) mass is 308 g/mol. The number of fused-ring (bicyclic) bond motifs is 3. The number of nitrogens with zero attached hydrogens (tertiary/aromatic N) is 1. The van der Waals surface area contributed by atoms with Gasteiger partial charge in [0.05, 0.1) is 5.52 Å². The lowest BCUT2D eigenvalue weighted by Gasteiger charge is -2.31. The van der Waals surface area contributed by atoms with Gasteiger partial charge >= 0.3 is 0 Å². The topological polar surface area (TPSA) is 36.1 Å². The molecule has 2 aromatic rings. The highest BCUT2D eigenvalue weighted by molar-refractivity contribution is 5.91. The summed E-state index contributed by atoms with van der Waals surface area (Å²) in [5, 5.41) is 0.483. The molecule has 1 N–H and O–H groups in total. The fourth-order valence-electron chi connectivity index (χ4n) is 3.11. The normalized spacial score (nSPS) is 17.4. The Morgan fingerprint density at radius 3 is 2.82 bits per heavy atom. The van der Waals surface area contributed by atoms with Crippen molar-refractivity contribution in [1.29, 1.82) is 0 Å². The highest BCUT2D eigenvalue weighted by Gasteiger charge is 2.29. The van der Waals surface area contributed by atoms with E-state index in [1.54, 1.807) is 0 Å². The summed E-state index contributed by atoms with van der Waals surface area (Å²) in [7, 11) is 1.51. The molecule has 1 aromatic heterocycles. The van der Waals surface area contributed by atoms with Crippen LogP contribution in [0.4, 0.5) is 13.2 Å². The van der Waals surface area contributed by atoms with Crippen LogP contribution in [0.3, 0.4) is 0 Å². The minimum absolute atomic E-state index is 0.224. The zero-order chi connectivity index (χ0) is 16.0. The van der Waals surface area contributed by atoms with E-state index in [9.17, 15) is 18.0 Å². The molecule has 0 saturated carbocycles. The van der Waals surface area contributed by atoms with Crippen LogP contribution in [0.5, 0.6) is 0 Å². The van der Waals surface area contributed by atoms with Gasteiger partial charge in [0, 0.05) is 30.2 Å². The Balaban J connectivity index is 1.99. The zero-order valence-corrected chi connectivity index (χ0v) is 12.0. The molecule has 1 atom stereocenters. The summed E-state index contributed by atoms with van der Waals surface area (Å²) in [6.45, 7) is 3.02. The van der Waals surface area contributed by atoms with Crippen molar-refractivity contribution >= 4 is 16.8 Å². The van der Waals surface area contributed by atoms with Gasteiger partial charge in [-0.25, -0.2) is 13.2 Å². The second-order valence-electron chi connectivity index (χ2n) is 5.61. The molecule has 3 nitrogen and oxygen atoms in total. The van der Waals surface area contributed by atoms with Crippen molar-refractivity contribution in [3.8, 4) is 0 Å². The number of aryl methyl sites for hydroxylation is 1. The maximum Gasteiger partial charge on any atom is 0.281 e. The third kappa shape index (κ3) is 2.28. The molecule has 0 fully saturated rings. The van der Waals surface area contributed by atoms with Crippen molar-refractivity contribution in [2.24, 2.45) is 0 Å². The molecule has 0 aliphatic heterocycles. The van der Waals surface area contributed by atoms with Crippen LogP contribution in [-0.4, -0.2) is 28.9 Å². The standard InChI is InChI=1S/C16H15F3N2O/c1-8(17)16(22)21(2)10-3-4-14-11(7-10)12-5-9(18)6-13(19)15(12)20-14/h5-6,10,20H,1,3-4,7H2,2H3. The summed E-state index contributed by atoms with van der Waals surface area (Å²) in [5.74, 6) is -3.05. The second kappa shape index (κ2) is 5.19. The van der Waals surface area contributed by atoms with E-state index in [2.05, 4.69) is 11.6 Å². The molecule has 0 bridgehead atoms. The van der Waals surface area contributed by atoms with Gasteiger partial charge < -0.3 is 9.88 Å². The van der Waals surface area contributed by atoms with E-state index in [0.717, 1.165) is 17.3 Å². The van der Waals surface area contributed by atoms with E-state index >= 15 is 0 Å². The molecule has 3 rings (SSSR count). The lowest BCUT2D eigenvalue weighted by Crippen LogP contribution is -2.40. The number of nitrogens with one attached hydrogen (secondary N) is 1. The molecule has 1 amide bonds. The summed E-state index contributed by atoms with van der Waals surface area (Å²) >= 11 is 0. The molecule has 22 heavy (non-hydrogen) atoms. The van der Waals surface area contributed by atoms with E-state index in [4.69, 9.17) is 0 Å². The number of aromatic nitrogens is 1. The van der Waals surface area contributed by atoms with E-state index in [1.165, 1.54) is 18.0 Å². The first-order chi connectivity index (χ1) is 10.4. The molecule has 0 radical (unpaired) electrons. The third-order valence-corrected chi connectivity index (χ3v) is 4.29. The first-order valence-electron chi connectivity index (χ1n) is 6.98. The largest absolute Gasteiger partial charge is 0.356 e. The molecule has 1 heterocycles. The van der Waals surface area contributed by atoms with Gasteiger partial charge in [-0.2, -0.15) is 0 Å². The van der Waals surface area contributed by atoms with Crippen LogP contribution < -0.4 is 0 Å². The first-order valence-corrected chi connectivity index (χ1v) is 6.98. The van der Waals surface area contributed by atoms with Gasteiger partial charge in [-0.1, -0.05) is 6.58 Å². The van der Waals surface area contributed by atoms with Crippen molar-refractivity contribution in [3.05, 3.63) is 47.4 Å². The summed E-state index contributed by atoms with van der Waals surface area (Å²) in [5.41, 5.74) is 1.90. The van der Waals surface area contributed by atoms with E-state index in [1.807, 2.05) is 0 Å². The fraction of sp³-hybridized carbons (Fsp3) is 0.312. The van der Waals surface area contributed by atoms with Gasteiger partial charge in [-0.05, 0) is 30.9 Å². The van der Waals surface area contributed by atoms with Crippen molar-refractivity contribution in [3.63, 3.8) is 0 Å². The van der Waals surface area contributed by atoms with Crippen LogP contribution in [0, 0.1) is 11.6 Å². The predicted molar refractivity (Wildman–Crippen MR) is 77.0 cm³/mol. The SMILES string of the molecule is C=C(F)C(=O)N(C)C1CCc2[nH]c3c(F)cc(F)cc3c2C1. The number of rotatable bonds is 2. The molecule has 1 aliphatic rings. The molecule has 0 spiro atoms. The number of amides is 1. The van der Waals surface area contributed by atoms with Gasteiger partial charge in [-0.15, -0.1) is 0 Å². The van der Waals surface area contributed by atoms with Gasteiger partial charge in [0.25, 0.3) is 5.91 Å². The number of H-pyrrole nitrogens is 1. The Labute approximate surface area is 125 Å². The summed E-state index contributed by atoms with van der Waals surface area (Å²) in [6.07, 6.45) is 1.64. The fourth-order valence-corrected chi connectivity index (χ4v) is 3.11. The quantitative estimate of drug-likeness (QED) is 0.850. The Hall–Kier alpha value is -2.24. The minimum Gasteiger partial charge on any atom is -0.356 e. The number of likely N-dealkylation sites (N-methyl/N-ethyl adjacent to an activating group) is 1. The smallest absolute Gasteiger partial charge is 0.281 e. The maximum atomic E-state index is 13.8. The number of hydrogen-bond donors (Lipinski definition) is 1. The van der Waals surface area contributed by atoms with Crippen molar-refractivity contribution in [1.82, 2.24) is 9.88 Å². The lowest BCUT2D eigenvalue weighted by atomic mass is 9.90. The van der Waals surface area contributed by atoms with Crippen molar-refractivity contribution < 1.29 is 18.0 Å². The molecule has 1 aromatic carbocycles. The Morgan fingerprint density at radius 1 is 1.41 bits per heavy atom. The number of carbonyl (C=O) groups is 1. The van der Waals surface area contributed by atoms with Gasteiger partial charge in [-0.3, -0.25) is 4.79 Å². The maximum absolute atomic E-state index is 13.8. The predicted octanol–water partition coefficient (Wildman–Crippen LogP) is 3.25. The van der Waals surface area contributed by atoms with E-state index < -0.39 is 23.4 Å². The summed E-state index contributed by atoms with van der Waals surface area (Å²) in [4.78, 5) is 16.0. The highest BCUT2D eigenvalue weighted by Crippen LogP contribution is 2.32. The summed E-state index contributed by atoms with van der Waals surface area (Å²) in [6, 6.07) is 1.90. The van der Waals surface area contributed by atoms with Gasteiger partial charge in [0.2, 0.25) is 0 Å². The molecular formula is C16H15F3N2O. The molecule has 1 unspecified atom stereocenters. The molecule has 6 heteroatoms. The van der Waals surface area contributed by atoms with Crippen LogP contribution >= 0.6 is 0 Å². The minimum atomic E-state index is -1.01. The number of benzene rings is 1. The Morgan fingerprint density at radius 2 is 2.14 bits per heavy atom. The molecule has 0 saturated heterocycles. The number of carbonyl (C=O) groups excluding carboxylic acids is 1. The van der Waals surface area contributed by atoms with Crippen molar-refractivity contribution in [2.45, 2.75) is 25.3 Å². The summed E-state index contributed by atoms with van der Waals surface area (Å²) < 4.78 is 40.3. The third-order valence-electron chi connectivity index (χ3n) is 4.29.